The normalized spacial score (nSPS) is 12.8. The fourth-order valence-electron chi connectivity index (χ4n) is 1.52. The molecule has 0 aliphatic carbocycles. The van der Waals surface area contributed by atoms with E-state index in [4.69, 9.17) is 5.73 Å². The number of aryl methyl sites for hydroxylation is 2. The molecule has 0 aromatic carbocycles. The van der Waals surface area contributed by atoms with Crippen molar-refractivity contribution in [1.82, 2.24) is 4.98 Å². The predicted molar refractivity (Wildman–Crippen MR) is 67.3 cm³/mol. The number of hydrogen-bond acceptors (Lipinski definition) is 3. The summed E-state index contributed by atoms with van der Waals surface area (Å²) >= 11 is 1.76. The summed E-state index contributed by atoms with van der Waals surface area (Å²) < 4.78 is 0. The first-order valence-corrected chi connectivity index (χ1v) is 6.44. The van der Waals surface area contributed by atoms with Gasteiger partial charge in [-0.15, -0.1) is 11.8 Å². The molecule has 1 aromatic rings. The average molecular weight is 224 g/mol. The Labute approximate surface area is 96.7 Å². The molecule has 2 nitrogen and oxygen atoms in total. The molecule has 1 unspecified atom stereocenters. The van der Waals surface area contributed by atoms with Gasteiger partial charge >= 0.3 is 0 Å². The lowest BCUT2D eigenvalue weighted by atomic mass is 10.2. The Balaban J connectivity index is 2.50. The van der Waals surface area contributed by atoms with Gasteiger partial charge in [0.15, 0.2) is 0 Å². The molecule has 1 rings (SSSR count). The number of rotatable bonds is 5. The van der Waals surface area contributed by atoms with E-state index < -0.39 is 0 Å². The summed E-state index contributed by atoms with van der Waals surface area (Å²) in [4.78, 5) is 4.47. The minimum Gasteiger partial charge on any atom is -0.327 e. The van der Waals surface area contributed by atoms with Gasteiger partial charge in [-0.3, -0.25) is 0 Å². The second-order valence-corrected chi connectivity index (χ2v) is 5.02. The molecule has 0 aliphatic heterocycles. The minimum absolute atomic E-state index is 0.294. The number of hydrogen-bond donors (Lipinski definition) is 1. The third-order valence-electron chi connectivity index (χ3n) is 2.18. The van der Waals surface area contributed by atoms with Crippen LogP contribution in [0.4, 0.5) is 0 Å². The van der Waals surface area contributed by atoms with E-state index in [1.807, 2.05) is 6.92 Å². The summed E-state index contributed by atoms with van der Waals surface area (Å²) in [6.07, 6.45) is 2.25. The predicted octanol–water partition coefficient (Wildman–Crippen LogP) is 2.92. The molecule has 0 amide bonds. The molecule has 0 saturated carbocycles. The molecule has 1 heterocycles. The highest BCUT2D eigenvalue weighted by Gasteiger charge is 2.04. The molecule has 1 aromatic heterocycles. The highest BCUT2D eigenvalue weighted by molar-refractivity contribution is 7.99. The maximum Gasteiger partial charge on any atom is 0.0966 e. The average Bonchev–Trinajstić information content (AvgIpc) is 2.14. The number of aromatic nitrogens is 1. The highest BCUT2D eigenvalue weighted by atomic mass is 32.2. The molecule has 0 radical (unpaired) electrons. The zero-order chi connectivity index (χ0) is 11.3. The molecule has 0 bridgehead atoms. The molecular weight excluding hydrogens is 204 g/mol. The van der Waals surface area contributed by atoms with Gasteiger partial charge in [0.25, 0.3) is 0 Å². The van der Waals surface area contributed by atoms with Crippen LogP contribution in [0.2, 0.25) is 0 Å². The Morgan fingerprint density at radius 3 is 2.73 bits per heavy atom. The zero-order valence-electron chi connectivity index (χ0n) is 9.79. The van der Waals surface area contributed by atoms with Crippen LogP contribution in [0, 0.1) is 13.8 Å². The van der Waals surface area contributed by atoms with E-state index in [0.29, 0.717) is 6.04 Å². The molecule has 0 saturated heterocycles. The van der Waals surface area contributed by atoms with Crippen molar-refractivity contribution >= 4 is 11.8 Å². The van der Waals surface area contributed by atoms with Gasteiger partial charge < -0.3 is 5.73 Å². The van der Waals surface area contributed by atoms with Crippen LogP contribution in [-0.4, -0.2) is 16.8 Å². The minimum atomic E-state index is 0.294. The lowest BCUT2D eigenvalue weighted by Crippen LogP contribution is -2.22. The molecule has 0 aliphatic rings. The van der Waals surface area contributed by atoms with Gasteiger partial charge in [-0.1, -0.05) is 13.3 Å². The Kier molecular flexibility index (Phi) is 5.12. The first kappa shape index (κ1) is 12.5. The number of pyridine rings is 1. The summed E-state index contributed by atoms with van der Waals surface area (Å²) in [6, 6.07) is 4.51. The first-order valence-electron chi connectivity index (χ1n) is 5.45. The van der Waals surface area contributed by atoms with Crippen LogP contribution in [0.25, 0.3) is 0 Å². The summed E-state index contributed by atoms with van der Waals surface area (Å²) in [7, 11) is 0. The Morgan fingerprint density at radius 2 is 2.13 bits per heavy atom. The van der Waals surface area contributed by atoms with Crippen molar-refractivity contribution in [3.63, 3.8) is 0 Å². The van der Waals surface area contributed by atoms with Gasteiger partial charge in [-0.05, 0) is 38.0 Å². The van der Waals surface area contributed by atoms with Crippen LogP contribution in [-0.2, 0) is 0 Å². The molecule has 84 valence electrons. The summed E-state index contributed by atoms with van der Waals surface area (Å²) in [6.45, 7) is 6.30. The summed E-state index contributed by atoms with van der Waals surface area (Å²) in [5.41, 5.74) is 8.32. The van der Waals surface area contributed by atoms with Crippen molar-refractivity contribution in [3.05, 3.63) is 23.4 Å². The van der Waals surface area contributed by atoms with E-state index in [-0.39, 0.29) is 0 Å². The van der Waals surface area contributed by atoms with Gasteiger partial charge in [-0.2, -0.15) is 0 Å². The van der Waals surface area contributed by atoms with E-state index in [1.165, 1.54) is 5.56 Å². The van der Waals surface area contributed by atoms with E-state index in [1.54, 1.807) is 11.8 Å². The standard InChI is InChI=1S/C12H20N2S/c1-4-5-11(13)8-15-12-7-9(2)6-10(3)14-12/h6-7,11H,4-5,8,13H2,1-3H3. The van der Waals surface area contributed by atoms with Crippen molar-refractivity contribution in [1.29, 1.82) is 0 Å². The molecule has 15 heavy (non-hydrogen) atoms. The second-order valence-electron chi connectivity index (χ2n) is 3.98. The molecule has 0 spiro atoms. The van der Waals surface area contributed by atoms with Gasteiger partial charge in [0.2, 0.25) is 0 Å². The second kappa shape index (κ2) is 6.13. The third kappa shape index (κ3) is 4.67. The fraction of sp³-hybridized carbons (Fsp3) is 0.583. The maximum absolute atomic E-state index is 5.96. The zero-order valence-corrected chi connectivity index (χ0v) is 10.6. The SMILES string of the molecule is CCCC(N)CSc1cc(C)cc(C)n1. The van der Waals surface area contributed by atoms with Gasteiger partial charge in [0, 0.05) is 17.5 Å². The number of nitrogens with zero attached hydrogens (tertiary/aromatic N) is 1. The lowest BCUT2D eigenvalue weighted by Gasteiger charge is -2.09. The van der Waals surface area contributed by atoms with Gasteiger partial charge in [0.1, 0.15) is 0 Å². The quantitative estimate of drug-likeness (QED) is 0.782. The summed E-state index contributed by atoms with van der Waals surface area (Å²) in [5.74, 6) is 0.962. The van der Waals surface area contributed by atoms with Crippen LogP contribution in [0.1, 0.15) is 31.0 Å². The van der Waals surface area contributed by atoms with E-state index >= 15 is 0 Å². The van der Waals surface area contributed by atoms with Crippen LogP contribution in [0.5, 0.6) is 0 Å². The molecular formula is C12H20N2S. The van der Waals surface area contributed by atoms with Crippen molar-refractivity contribution < 1.29 is 0 Å². The monoisotopic (exact) mass is 224 g/mol. The number of nitrogens with two attached hydrogens (primary N) is 1. The van der Waals surface area contributed by atoms with Gasteiger partial charge in [-0.25, -0.2) is 4.98 Å². The molecule has 3 heteroatoms. The summed E-state index contributed by atoms with van der Waals surface area (Å²) in [5, 5.41) is 1.10. The van der Waals surface area contributed by atoms with E-state index in [2.05, 4.69) is 31.0 Å². The van der Waals surface area contributed by atoms with Crippen LogP contribution < -0.4 is 5.73 Å². The lowest BCUT2D eigenvalue weighted by molar-refractivity contribution is 0.660. The van der Waals surface area contributed by atoms with E-state index in [0.717, 1.165) is 29.3 Å². The maximum atomic E-state index is 5.96. The Hall–Kier alpha value is -0.540. The highest BCUT2D eigenvalue weighted by Crippen LogP contribution is 2.18. The topological polar surface area (TPSA) is 38.9 Å². The van der Waals surface area contributed by atoms with Crippen molar-refractivity contribution in [3.8, 4) is 0 Å². The van der Waals surface area contributed by atoms with Crippen LogP contribution >= 0.6 is 11.8 Å². The molecule has 0 fully saturated rings. The number of thioether (sulfide) groups is 1. The molecule has 1 atom stereocenters. The fourth-order valence-corrected chi connectivity index (χ4v) is 2.55. The molecule has 2 N–H and O–H groups in total. The van der Waals surface area contributed by atoms with Crippen LogP contribution in [0.3, 0.4) is 0 Å². The third-order valence-corrected chi connectivity index (χ3v) is 3.28. The first-order chi connectivity index (χ1) is 7.11. The smallest absolute Gasteiger partial charge is 0.0966 e. The van der Waals surface area contributed by atoms with Gasteiger partial charge in [0.05, 0.1) is 5.03 Å². The Bertz CT molecular complexity index is 292. The largest absolute Gasteiger partial charge is 0.327 e. The van der Waals surface area contributed by atoms with Crippen molar-refractivity contribution in [2.75, 3.05) is 5.75 Å². The van der Waals surface area contributed by atoms with Crippen LogP contribution in [0.15, 0.2) is 17.2 Å². The van der Waals surface area contributed by atoms with E-state index in [9.17, 15) is 0 Å². The Morgan fingerprint density at radius 1 is 1.40 bits per heavy atom. The van der Waals surface area contributed by atoms with Crippen molar-refractivity contribution in [2.24, 2.45) is 5.73 Å². The van der Waals surface area contributed by atoms with Crippen molar-refractivity contribution in [2.45, 2.75) is 44.7 Å².